The minimum Gasteiger partial charge on any atom is -0.384 e. The molecule has 0 aliphatic heterocycles. The molecule has 4 N–H and O–H groups in total. The standard InChI is InChI=1S/C39H28N2S.C8H7N3/c1-2-10-25(11-3-1)23-40-24-26-18-20-28(21-19-26)41-33-16-8-6-14-30(33)36-37-31-15-7-9-17-34(31)42-39(37)35-29-13-5-4-12-27(29)22-32(35)38(36)41;9-5-6-1-3-7(4-2-6)8(10)11/h1-21,40H,22-24H2;1-4H,(H3,10,11). The molecule has 0 atom stereocenters. The van der Waals surface area contributed by atoms with Crippen LogP contribution in [0.3, 0.4) is 0 Å². The van der Waals surface area contributed by atoms with E-state index in [1.807, 2.05) is 17.4 Å². The Hall–Kier alpha value is -6.52. The zero-order chi connectivity index (χ0) is 35.9. The van der Waals surface area contributed by atoms with E-state index in [9.17, 15) is 0 Å². The van der Waals surface area contributed by atoms with E-state index in [4.69, 9.17) is 16.4 Å². The monoisotopic (exact) mass is 701 g/mol. The summed E-state index contributed by atoms with van der Waals surface area (Å²) >= 11 is 1.95. The van der Waals surface area contributed by atoms with Gasteiger partial charge in [0, 0.05) is 67.3 Å². The Bertz CT molecular complexity index is 2860. The van der Waals surface area contributed by atoms with Gasteiger partial charge >= 0.3 is 0 Å². The van der Waals surface area contributed by atoms with Crippen molar-refractivity contribution in [1.82, 2.24) is 9.88 Å². The predicted molar refractivity (Wildman–Crippen MR) is 221 cm³/mol. The van der Waals surface area contributed by atoms with Gasteiger partial charge in [0.25, 0.3) is 0 Å². The van der Waals surface area contributed by atoms with Gasteiger partial charge in [-0.1, -0.05) is 103 Å². The van der Waals surface area contributed by atoms with Crippen LogP contribution in [0.4, 0.5) is 0 Å². The second-order valence-electron chi connectivity index (χ2n) is 13.4. The van der Waals surface area contributed by atoms with Crippen molar-refractivity contribution in [2.24, 2.45) is 5.73 Å². The van der Waals surface area contributed by atoms with Crippen molar-refractivity contribution >= 4 is 59.2 Å². The summed E-state index contributed by atoms with van der Waals surface area (Å²) in [6.45, 7) is 1.71. The smallest absolute Gasteiger partial charge is 0.122 e. The maximum Gasteiger partial charge on any atom is 0.122 e. The zero-order valence-electron chi connectivity index (χ0n) is 28.9. The van der Waals surface area contributed by atoms with Gasteiger partial charge in [-0.05, 0) is 76.3 Å². The van der Waals surface area contributed by atoms with Crippen LogP contribution < -0.4 is 11.1 Å². The molecule has 0 radical (unpaired) electrons. The van der Waals surface area contributed by atoms with Gasteiger partial charge in [-0.15, -0.1) is 11.3 Å². The molecule has 5 nitrogen and oxygen atoms in total. The average Bonchev–Trinajstić information content (AvgIpc) is 3.89. The molecule has 0 fully saturated rings. The number of hydrogen-bond donors (Lipinski definition) is 3. The Balaban J connectivity index is 0.000000293. The van der Waals surface area contributed by atoms with Crippen molar-refractivity contribution in [1.29, 1.82) is 10.7 Å². The number of rotatable bonds is 6. The molecule has 10 rings (SSSR count). The van der Waals surface area contributed by atoms with E-state index in [-0.39, 0.29) is 5.84 Å². The van der Waals surface area contributed by atoms with E-state index >= 15 is 0 Å². The summed E-state index contributed by atoms with van der Waals surface area (Å²) in [6.07, 6.45) is 0.962. The van der Waals surface area contributed by atoms with E-state index in [1.165, 1.54) is 81.0 Å². The number of amidine groups is 1. The average molecular weight is 702 g/mol. The van der Waals surface area contributed by atoms with Crippen molar-refractivity contribution in [3.05, 3.63) is 185 Å². The fraction of sp³-hybridized carbons (Fsp3) is 0.0638. The fourth-order valence-electron chi connectivity index (χ4n) is 7.77. The summed E-state index contributed by atoms with van der Waals surface area (Å²) in [4.78, 5) is 0. The first kappa shape index (κ1) is 32.4. The van der Waals surface area contributed by atoms with Crippen LogP contribution in [0.2, 0.25) is 0 Å². The topological polar surface area (TPSA) is 90.6 Å². The zero-order valence-corrected chi connectivity index (χ0v) is 29.8. The van der Waals surface area contributed by atoms with Gasteiger partial charge < -0.3 is 15.6 Å². The van der Waals surface area contributed by atoms with Gasteiger partial charge in [-0.3, -0.25) is 5.41 Å². The minimum atomic E-state index is 0.0227. The maximum atomic E-state index is 8.43. The number of nitrogens with two attached hydrogens (primary N) is 1. The molecule has 2 heterocycles. The van der Waals surface area contributed by atoms with Crippen LogP contribution in [0.1, 0.15) is 33.4 Å². The number of nitrogen functional groups attached to an aromatic ring is 1. The van der Waals surface area contributed by atoms with E-state index < -0.39 is 0 Å². The second-order valence-corrected chi connectivity index (χ2v) is 14.5. The fourth-order valence-corrected chi connectivity index (χ4v) is 9.07. The summed E-state index contributed by atoms with van der Waals surface area (Å²) < 4.78 is 5.31. The van der Waals surface area contributed by atoms with Crippen LogP contribution in [-0.4, -0.2) is 10.4 Å². The Morgan fingerprint density at radius 3 is 2.13 bits per heavy atom. The van der Waals surface area contributed by atoms with Crippen molar-refractivity contribution in [3.63, 3.8) is 0 Å². The molecule has 7 aromatic carbocycles. The molecule has 0 spiro atoms. The molecule has 1 aliphatic carbocycles. The van der Waals surface area contributed by atoms with E-state index in [2.05, 4.69) is 137 Å². The number of aromatic nitrogens is 1. The van der Waals surface area contributed by atoms with Crippen LogP contribution in [0.25, 0.3) is 58.8 Å². The molecule has 254 valence electrons. The third-order valence-electron chi connectivity index (χ3n) is 10.2. The second kappa shape index (κ2) is 13.6. The Kier molecular flexibility index (Phi) is 8.28. The summed E-state index contributed by atoms with van der Waals surface area (Å²) in [6, 6.07) is 55.2. The van der Waals surface area contributed by atoms with Gasteiger partial charge in [-0.25, -0.2) is 0 Å². The van der Waals surface area contributed by atoms with Crippen LogP contribution >= 0.6 is 11.3 Å². The Morgan fingerprint density at radius 1 is 0.717 bits per heavy atom. The van der Waals surface area contributed by atoms with Crippen molar-refractivity contribution in [2.75, 3.05) is 0 Å². The van der Waals surface area contributed by atoms with Crippen molar-refractivity contribution in [2.45, 2.75) is 19.5 Å². The summed E-state index contributed by atoms with van der Waals surface area (Å²) in [5, 5.41) is 24.6. The van der Waals surface area contributed by atoms with Gasteiger partial charge in [0.05, 0.1) is 22.7 Å². The molecule has 0 amide bonds. The lowest BCUT2D eigenvalue weighted by Crippen LogP contribution is -2.12. The highest BCUT2D eigenvalue weighted by Gasteiger charge is 2.29. The predicted octanol–water partition coefficient (Wildman–Crippen LogP) is 10.9. The molecule has 1 aliphatic rings. The molecular formula is C47H35N5S. The number of para-hydroxylation sites is 1. The van der Waals surface area contributed by atoms with Gasteiger partial charge in [-0.2, -0.15) is 5.26 Å². The number of thiophene rings is 1. The van der Waals surface area contributed by atoms with Gasteiger partial charge in [0.15, 0.2) is 0 Å². The number of hydrogen-bond acceptors (Lipinski definition) is 4. The molecule has 9 aromatic rings. The van der Waals surface area contributed by atoms with Crippen molar-refractivity contribution < 1.29 is 0 Å². The highest BCUT2D eigenvalue weighted by atomic mass is 32.1. The van der Waals surface area contributed by atoms with E-state index in [1.54, 1.807) is 24.3 Å². The highest BCUT2D eigenvalue weighted by Crippen LogP contribution is 2.53. The lowest BCUT2D eigenvalue weighted by molar-refractivity contribution is 0.693. The number of nitriles is 1. The van der Waals surface area contributed by atoms with Gasteiger partial charge in [0.1, 0.15) is 5.84 Å². The largest absolute Gasteiger partial charge is 0.384 e. The molecule has 6 heteroatoms. The van der Waals surface area contributed by atoms with Crippen LogP contribution in [0, 0.1) is 16.7 Å². The first-order chi connectivity index (χ1) is 26.1. The molecule has 0 saturated carbocycles. The van der Waals surface area contributed by atoms with Crippen LogP contribution in [-0.2, 0) is 19.5 Å². The van der Waals surface area contributed by atoms with Crippen LogP contribution in [0.5, 0.6) is 0 Å². The molecule has 0 saturated heterocycles. The normalized spacial score (nSPS) is 11.7. The number of nitrogens with zero attached hydrogens (tertiary/aromatic N) is 2. The first-order valence-corrected chi connectivity index (χ1v) is 18.6. The quantitative estimate of drug-likeness (QED) is 0.119. The summed E-state index contributed by atoms with van der Waals surface area (Å²) in [5.41, 5.74) is 18.6. The summed E-state index contributed by atoms with van der Waals surface area (Å²) in [5.74, 6) is 0.0227. The lowest BCUT2D eigenvalue weighted by Gasteiger charge is -2.13. The number of fused-ring (bicyclic) bond motifs is 12. The third-order valence-corrected chi connectivity index (χ3v) is 11.4. The van der Waals surface area contributed by atoms with Gasteiger partial charge in [0.2, 0.25) is 0 Å². The number of nitrogens with one attached hydrogen (secondary N) is 2. The number of benzene rings is 7. The van der Waals surface area contributed by atoms with Crippen LogP contribution in [0.15, 0.2) is 152 Å². The lowest BCUT2D eigenvalue weighted by atomic mass is 9.97. The van der Waals surface area contributed by atoms with E-state index in [0.717, 1.165) is 19.5 Å². The van der Waals surface area contributed by atoms with Crippen molar-refractivity contribution in [3.8, 4) is 22.9 Å². The third kappa shape index (κ3) is 5.73. The Morgan fingerprint density at radius 2 is 1.38 bits per heavy atom. The summed E-state index contributed by atoms with van der Waals surface area (Å²) in [7, 11) is 0. The molecule has 0 unspecified atom stereocenters. The molecular weight excluding hydrogens is 667 g/mol. The first-order valence-electron chi connectivity index (χ1n) is 17.7. The molecule has 2 aromatic heterocycles. The minimum absolute atomic E-state index is 0.0227. The highest BCUT2D eigenvalue weighted by molar-refractivity contribution is 7.26. The molecule has 0 bridgehead atoms. The molecule has 53 heavy (non-hydrogen) atoms. The SMILES string of the molecule is N#Cc1ccc(C(=N)N)cc1.c1ccc(CNCc2ccc(-n3c4ccccc4c4c5c(sc6ccccc65)c5c(c43)Cc3ccccc3-5)cc2)cc1. The van der Waals surface area contributed by atoms with E-state index in [0.29, 0.717) is 11.1 Å². The maximum absolute atomic E-state index is 8.43. The Labute approximate surface area is 311 Å².